The molecule has 1 aromatic rings. The molecule has 244 valence electrons. The van der Waals surface area contributed by atoms with E-state index in [4.69, 9.17) is 53.1 Å². The third-order valence-electron chi connectivity index (χ3n) is 5.40. The van der Waals surface area contributed by atoms with Gasteiger partial charge in [0.1, 0.15) is 12.4 Å². The van der Waals surface area contributed by atoms with Crippen LogP contribution in [-0.4, -0.2) is 138 Å². The van der Waals surface area contributed by atoms with Crippen LogP contribution in [0.25, 0.3) is 0 Å². The predicted octanol–water partition coefficient (Wildman–Crippen LogP) is 1.83. The Morgan fingerprint density at radius 3 is 1.21 bits per heavy atom. The number of ether oxygens (including phenoxy) is 10. The zero-order valence-corrected chi connectivity index (χ0v) is 25.4. The van der Waals surface area contributed by atoms with Crippen LogP contribution >= 0.6 is 0 Å². The van der Waals surface area contributed by atoms with E-state index >= 15 is 0 Å². The van der Waals surface area contributed by atoms with Gasteiger partial charge in [-0.15, -0.1) is 0 Å². The van der Waals surface area contributed by atoms with Gasteiger partial charge in [0.05, 0.1) is 112 Å². The summed E-state index contributed by atoms with van der Waals surface area (Å²) >= 11 is 0. The number of ketones is 1. The highest BCUT2D eigenvalue weighted by atomic mass is 16.6. The normalized spacial score (nSPS) is 11.3. The molecule has 0 spiro atoms. The smallest absolute Gasteiger partial charge is 0.170 e. The number of benzene rings is 1. The average Bonchev–Trinajstić information content (AvgIpc) is 3.00. The van der Waals surface area contributed by atoms with Crippen LogP contribution in [0, 0.1) is 6.92 Å². The summed E-state index contributed by atoms with van der Waals surface area (Å²) in [4.78, 5) is 11.9. The summed E-state index contributed by atoms with van der Waals surface area (Å²) in [7, 11) is 0. The number of Topliss-reactive ketones (excluding diaryl/α,β-unsaturated/α-hetero) is 1. The third-order valence-corrected chi connectivity index (χ3v) is 5.40. The molecule has 0 aromatic heterocycles. The molecule has 12 nitrogen and oxygen atoms in total. The first-order chi connectivity index (χ1) is 20.7. The minimum atomic E-state index is 0.0618. The first-order valence-electron chi connectivity index (χ1n) is 14.8. The number of carbonyl (C=O) groups excluding carboxylic acids is 1. The Bertz CT molecular complexity index is 709. The molecule has 42 heavy (non-hydrogen) atoms. The number of hydrogen-bond donors (Lipinski definition) is 1. The van der Waals surface area contributed by atoms with Crippen LogP contribution in [0.1, 0.15) is 18.4 Å². The highest BCUT2D eigenvalue weighted by Gasteiger charge is 2.03. The standard InChI is InChI=1S/C30H53NO11/c1-28-4-6-30(7-5-28)42-27-29(32)3-2-9-33-11-13-35-15-17-37-19-21-39-23-25-41-26-24-40-22-20-38-18-16-36-14-12-34-10-8-31/h4-7H,2-3,8-27,31H2,1H3. The Morgan fingerprint density at radius 1 is 0.524 bits per heavy atom. The number of hydrogen-bond acceptors (Lipinski definition) is 12. The van der Waals surface area contributed by atoms with E-state index in [1.54, 1.807) is 0 Å². The van der Waals surface area contributed by atoms with Gasteiger partial charge in [-0.3, -0.25) is 4.79 Å². The fourth-order valence-corrected chi connectivity index (χ4v) is 3.19. The van der Waals surface area contributed by atoms with E-state index in [9.17, 15) is 4.79 Å². The van der Waals surface area contributed by atoms with Crippen LogP contribution < -0.4 is 10.5 Å². The second-order valence-electron chi connectivity index (χ2n) is 9.04. The van der Waals surface area contributed by atoms with E-state index in [0.717, 1.165) is 5.56 Å². The lowest BCUT2D eigenvalue weighted by Crippen LogP contribution is -2.15. The second-order valence-corrected chi connectivity index (χ2v) is 9.04. The van der Waals surface area contributed by atoms with Crippen LogP contribution in [0.2, 0.25) is 0 Å². The van der Waals surface area contributed by atoms with Gasteiger partial charge in [0.25, 0.3) is 0 Å². The summed E-state index contributed by atoms with van der Waals surface area (Å²) in [6, 6.07) is 7.65. The SMILES string of the molecule is Cc1ccc(OCC(=O)CCCOCCOCCOCCOCCOCCOCCOCCOCCOCCN)cc1. The van der Waals surface area contributed by atoms with Crippen LogP contribution in [0.5, 0.6) is 5.75 Å². The van der Waals surface area contributed by atoms with Crippen LogP contribution in [0.15, 0.2) is 24.3 Å². The van der Waals surface area contributed by atoms with Gasteiger partial charge < -0.3 is 53.1 Å². The van der Waals surface area contributed by atoms with Crippen molar-refractivity contribution in [1.82, 2.24) is 0 Å². The van der Waals surface area contributed by atoms with Crippen molar-refractivity contribution in [1.29, 1.82) is 0 Å². The van der Waals surface area contributed by atoms with Crippen LogP contribution in [0.4, 0.5) is 0 Å². The largest absolute Gasteiger partial charge is 0.486 e. The number of carbonyl (C=O) groups is 1. The zero-order chi connectivity index (χ0) is 30.2. The monoisotopic (exact) mass is 603 g/mol. The fraction of sp³-hybridized carbons (Fsp3) is 0.767. The molecule has 0 saturated heterocycles. The van der Waals surface area contributed by atoms with Gasteiger partial charge in [-0.25, -0.2) is 0 Å². The third kappa shape index (κ3) is 27.1. The van der Waals surface area contributed by atoms with Gasteiger partial charge in [-0.1, -0.05) is 17.7 Å². The Labute approximate surface area is 251 Å². The molecule has 0 radical (unpaired) electrons. The molecular weight excluding hydrogens is 550 g/mol. The lowest BCUT2D eigenvalue weighted by atomic mass is 10.2. The molecule has 0 heterocycles. The Kier molecular flexibility index (Phi) is 28.0. The summed E-state index contributed by atoms with van der Waals surface area (Å²) in [6.07, 6.45) is 1.10. The maximum atomic E-state index is 11.9. The molecule has 12 heteroatoms. The average molecular weight is 604 g/mol. The van der Waals surface area contributed by atoms with Crippen LogP contribution in [0.3, 0.4) is 0 Å². The Balaban J connectivity index is 1.67. The lowest BCUT2D eigenvalue weighted by molar-refractivity contribution is -0.121. The molecule has 2 N–H and O–H groups in total. The van der Waals surface area contributed by atoms with Crippen molar-refractivity contribution in [3.8, 4) is 5.75 Å². The maximum Gasteiger partial charge on any atom is 0.170 e. The number of aryl methyl sites for hydroxylation is 1. The van der Waals surface area contributed by atoms with E-state index in [0.29, 0.717) is 144 Å². The summed E-state index contributed by atoms with van der Waals surface area (Å²) in [5, 5.41) is 0. The van der Waals surface area contributed by atoms with Crippen molar-refractivity contribution in [2.45, 2.75) is 19.8 Å². The molecule has 0 atom stereocenters. The molecule has 0 amide bonds. The molecule has 0 fully saturated rings. The minimum absolute atomic E-state index is 0.0618. The van der Waals surface area contributed by atoms with Crippen molar-refractivity contribution in [3.63, 3.8) is 0 Å². The van der Waals surface area contributed by atoms with E-state index in [1.165, 1.54) is 0 Å². The van der Waals surface area contributed by atoms with Crippen molar-refractivity contribution in [2.75, 3.05) is 132 Å². The van der Waals surface area contributed by atoms with E-state index in [1.807, 2.05) is 31.2 Å². The van der Waals surface area contributed by atoms with E-state index in [-0.39, 0.29) is 12.4 Å². The molecule has 1 rings (SSSR count). The lowest BCUT2D eigenvalue weighted by Gasteiger charge is -2.09. The van der Waals surface area contributed by atoms with Gasteiger partial charge in [0.15, 0.2) is 5.78 Å². The first kappa shape index (κ1) is 38.3. The predicted molar refractivity (Wildman–Crippen MR) is 157 cm³/mol. The van der Waals surface area contributed by atoms with E-state index in [2.05, 4.69) is 0 Å². The van der Waals surface area contributed by atoms with E-state index < -0.39 is 0 Å². The molecule has 1 aromatic carbocycles. The van der Waals surface area contributed by atoms with Crippen LogP contribution in [-0.2, 0) is 47.4 Å². The topological polar surface area (TPSA) is 135 Å². The summed E-state index contributed by atoms with van der Waals surface area (Å²) in [6.45, 7) is 11.9. The van der Waals surface area contributed by atoms with Gasteiger partial charge in [0, 0.05) is 19.6 Å². The van der Waals surface area contributed by atoms with Crippen molar-refractivity contribution in [3.05, 3.63) is 29.8 Å². The highest BCUT2D eigenvalue weighted by molar-refractivity contribution is 5.79. The minimum Gasteiger partial charge on any atom is -0.486 e. The van der Waals surface area contributed by atoms with Gasteiger partial charge in [-0.05, 0) is 25.5 Å². The molecule has 0 aliphatic heterocycles. The number of nitrogens with two attached hydrogens (primary N) is 1. The van der Waals surface area contributed by atoms with Gasteiger partial charge in [-0.2, -0.15) is 0 Å². The molecule has 0 saturated carbocycles. The van der Waals surface area contributed by atoms with Gasteiger partial charge >= 0.3 is 0 Å². The Morgan fingerprint density at radius 2 is 0.857 bits per heavy atom. The Hall–Kier alpha value is -1.71. The quantitative estimate of drug-likeness (QED) is 0.117. The van der Waals surface area contributed by atoms with Crippen molar-refractivity contribution >= 4 is 5.78 Å². The van der Waals surface area contributed by atoms with Crippen molar-refractivity contribution < 1.29 is 52.2 Å². The maximum absolute atomic E-state index is 11.9. The molecular formula is C30H53NO11. The number of rotatable bonds is 33. The molecule has 0 aliphatic carbocycles. The first-order valence-corrected chi connectivity index (χ1v) is 14.8. The van der Waals surface area contributed by atoms with Gasteiger partial charge in [0.2, 0.25) is 0 Å². The molecule has 0 bridgehead atoms. The molecule has 0 aliphatic rings. The molecule has 0 unspecified atom stereocenters. The highest BCUT2D eigenvalue weighted by Crippen LogP contribution is 2.11. The summed E-state index contributed by atoms with van der Waals surface area (Å²) in [5.41, 5.74) is 6.48. The fourth-order valence-electron chi connectivity index (χ4n) is 3.19. The van der Waals surface area contributed by atoms with Crippen molar-refractivity contribution in [2.24, 2.45) is 5.73 Å². The summed E-state index contributed by atoms with van der Waals surface area (Å²) < 4.78 is 54.3. The zero-order valence-electron chi connectivity index (χ0n) is 25.4. The second kappa shape index (κ2) is 30.7. The summed E-state index contributed by atoms with van der Waals surface area (Å²) in [5.74, 6) is 0.770.